The number of aromatic nitrogens is 1. The summed E-state index contributed by atoms with van der Waals surface area (Å²) in [6, 6.07) is 9.07. The molecule has 0 spiro atoms. The Kier molecular flexibility index (Phi) is 3.36. The Morgan fingerprint density at radius 1 is 1.38 bits per heavy atom. The molecule has 2 aromatic rings. The molecule has 0 aliphatic rings. The molecule has 1 aromatic heterocycles. The van der Waals surface area contributed by atoms with Gasteiger partial charge in [-0.15, -0.1) is 0 Å². The van der Waals surface area contributed by atoms with Crippen LogP contribution < -0.4 is 5.32 Å². The summed E-state index contributed by atoms with van der Waals surface area (Å²) in [5, 5.41) is 4.73. The summed E-state index contributed by atoms with van der Waals surface area (Å²) in [5.74, 6) is 0. The SMILES string of the molecule is CC(C)NCc1cc2c(Br)cccc2n1C. The van der Waals surface area contributed by atoms with Crippen molar-refractivity contribution in [1.29, 1.82) is 0 Å². The number of hydrogen-bond acceptors (Lipinski definition) is 1. The van der Waals surface area contributed by atoms with Crippen molar-refractivity contribution >= 4 is 26.8 Å². The number of nitrogens with one attached hydrogen (secondary N) is 1. The highest BCUT2D eigenvalue weighted by atomic mass is 79.9. The van der Waals surface area contributed by atoms with Gasteiger partial charge in [-0.1, -0.05) is 35.8 Å². The molecule has 0 fully saturated rings. The molecule has 1 aromatic carbocycles. The van der Waals surface area contributed by atoms with Crippen LogP contribution in [0.5, 0.6) is 0 Å². The summed E-state index contributed by atoms with van der Waals surface area (Å²) in [6.07, 6.45) is 0. The zero-order valence-electron chi connectivity index (χ0n) is 9.92. The molecule has 2 nitrogen and oxygen atoms in total. The molecule has 0 saturated carbocycles. The van der Waals surface area contributed by atoms with Crippen LogP contribution in [0.2, 0.25) is 0 Å². The molecule has 0 saturated heterocycles. The Morgan fingerprint density at radius 2 is 2.12 bits per heavy atom. The zero-order valence-corrected chi connectivity index (χ0v) is 11.5. The molecule has 0 unspecified atom stereocenters. The van der Waals surface area contributed by atoms with Crippen molar-refractivity contribution in [2.24, 2.45) is 7.05 Å². The summed E-state index contributed by atoms with van der Waals surface area (Å²) < 4.78 is 3.41. The Labute approximate surface area is 105 Å². The van der Waals surface area contributed by atoms with Crippen LogP contribution in [0, 0.1) is 0 Å². The van der Waals surface area contributed by atoms with Crippen LogP contribution in [0.25, 0.3) is 10.9 Å². The highest BCUT2D eigenvalue weighted by Gasteiger charge is 2.07. The fourth-order valence-corrected chi connectivity index (χ4v) is 2.33. The molecule has 0 bridgehead atoms. The van der Waals surface area contributed by atoms with Gasteiger partial charge in [0.1, 0.15) is 0 Å². The molecule has 16 heavy (non-hydrogen) atoms. The number of aryl methyl sites for hydroxylation is 1. The molecule has 0 aliphatic carbocycles. The van der Waals surface area contributed by atoms with Crippen LogP contribution in [0.3, 0.4) is 0 Å². The molecular weight excluding hydrogens is 264 g/mol. The lowest BCUT2D eigenvalue weighted by Gasteiger charge is -2.08. The van der Waals surface area contributed by atoms with E-state index in [9.17, 15) is 0 Å². The number of benzene rings is 1. The first-order chi connectivity index (χ1) is 7.59. The predicted molar refractivity (Wildman–Crippen MR) is 72.6 cm³/mol. The molecule has 0 amide bonds. The molecule has 0 radical (unpaired) electrons. The van der Waals surface area contributed by atoms with Crippen LogP contribution in [-0.2, 0) is 13.6 Å². The van der Waals surface area contributed by atoms with Gasteiger partial charge >= 0.3 is 0 Å². The van der Waals surface area contributed by atoms with Crippen molar-refractivity contribution in [2.75, 3.05) is 0 Å². The van der Waals surface area contributed by atoms with E-state index in [-0.39, 0.29) is 0 Å². The van der Waals surface area contributed by atoms with E-state index in [4.69, 9.17) is 0 Å². The second-order valence-electron chi connectivity index (χ2n) is 4.40. The van der Waals surface area contributed by atoms with Crippen molar-refractivity contribution < 1.29 is 0 Å². The van der Waals surface area contributed by atoms with Gasteiger partial charge in [0.2, 0.25) is 0 Å². The summed E-state index contributed by atoms with van der Waals surface area (Å²) in [7, 11) is 2.12. The van der Waals surface area contributed by atoms with Gasteiger partial charge in [-0.05, 0) is 18.2 Å². The fourth-order valence-electron chi connectivity index (χ4n) is 1.86. The summed E-state index contributed by atoms with van der Waals surface area (Å²) in [4.78, 5) is 0. The fraction of sp³-hybridized carbons (Fsp3) is 0.385. The van der Waals surface area contributed by atoms with E-state index in [1.807, 2.05) is 0 Å². The van der Waals surface area contributed by atoms with Crippen molar-refractivity contribution in [3.05, 3.63) is 34.4 Å². The first-order valence-electron chi connectivity index (χ1n) is 5.56. The van der Waals surface area contributed by atoms with Gasteiger partial charge in [0.25, 0.3) is 0 Å². The van der Waals surface area contributed by atoms with E-state index in [2.05, 4.69) is 71.0 Å². The van der Waals surface area contributed by atoms with Gasteiger partial charge in [-0.2, -0.15) is 0 Å². The molecule has 3 heteroatoms. The molecule has 1 heterocycles. The summed E-state index contributed by atoms with van der Waals surface area (Å²) >= 11 is 3.59. The molecule has 0 atom stereocenters. The topological polar surface area (TPSA) is 17.0 Å². The zero-order chi connectivity index (χ0) is 11.7. The average Bonchev–Trinajstić information content (AvgIpc) is 2.55. The minimum absolute atomic E-state index is 0.515. The predicted octanol–water partition coefficient (Wildman–Crippen LogP) is 3.44. The van der Waals surface area contributed by atoms with Crippen molar-refractivity contribution in [2.45, 2.75) is 26.4 Å². The lowest BCUT2D eigenvalue weighted by atomic mass is 10.2. The van der Waals surface area contributed by atoms with E-state index in [1.54, 1.807) is 0 Å². The first kappa shape index (κ1) is 11.7. The Hall–Kier alpha value is -0.800. The molecule has 0 aliphatic heterocycles. The van der Waals surface area contributed by atoms with E-state index >= 15 is 0 Å². The minimum atomic E-state index is 0.515. The number of fused-ring (bicyclic) bond motifs is 1. The minimum Gasteiger partial charge on any atom is -0.346 e. The van der Waals surface area contributed by atoms with Crippen molar-refractivity contribution in [3.8, 4) is 0 Å². The lowest BCUT2D eigenvalue weighted by Crippen LogP contribution is -2.22. The lowest BCUT2D eigenvalue weighted by molar-refractivity contribution is 0.572. The molecule has 2 rings (SSSR count). The third-order valence-corrected chi connectivity index (χ3v) is 3.52. The Balaban J connectivity index is 2.40. The Bertz CT molecular complexity index is 500. The van der Waals surface area contributed by atoms with E-state index in [0.717, 1.165) is 11.0 Å². The maximum atomic E-state index is 3.59. The van der Waals surface area contributed by atoms with Gasteiger partial charge in [0, 0.05) is 40.7 Å². The number of nitrogens with zero attached hydrogens (tertiary/aromatic N) is 1. The maximum absolute atomic E-state index is 3.59. The molecule has 86 valence electrons. The van der Waals surface area contributed by atoms with Gasteiger partial charge in [-0.3, -0.25) is 0 Å². The van der Waals surface area contributed by atoms with Crippen LogP contribution in [-0.4, -0.2) is 10.6 Å². The van der Waals surface area contributed by atoms with E-state index in [0.29, 0.717) is 6.04 Å². The maximum Gasteiger partial charge on any atom is 0.0491 e. The second-order valence-corrected chi connectivity index (χ2v) is 5.26. The number of rotatable bonds is 3. The highest BCUT2D eigenvalue weighted by Crippen LogP contribution is 2.26. The number of halogens is 1. The summed E-state index contributed by atoms with van der Waals surface area (Å²) in [5.41, 5.74) is 2.59. The van der Waals surface area contributed by atoms with Crippen LogP contribution >= 0.6 is 15.9 Å². The van der Waals surface area contributed by atoms with Crippen LogP contribution in [0.1, 0.15) is 19.5 Å². The normalized spacial score (nSPS) is 11.6. The molecular formula is C13H17BrN2. The molecule has 1 N–H and O–H groups in total. The van der Waals surface area contributed by atoms with Crippen LogP contribution in [0.4, 0.5) is 0 Å². The van der Waals surface area contributed by atoms with Gasteiger partial charge in [0.15, 0.2) is 0 Å². The number of hydrogen-bond donors (Lipinski definition) is 1. The third kappa shape index (κ3) is 2.15. The monoisotopic (exact) mass is 280 g/mol. The first-order valence-corrected chi connectivity index (χ1v) is 6.35. The van der Waals surface area contributed by atoms with E-state index in [1.165, 1.54) is 16.6 Å². The largest absolute Gasteiger partial charge is 0.346 e. The van der Waals surface area contributed by atoms with Gasteiger partial charge in [0.05, 0.1) is 0 Å². The summed E-state index contributed by atoms with van der Waals surface area (Å²) in [6.45, 7) is 5.24. The van der Waals surface area contributed by atoms with Crippen LogP contribution in [0.15, 0.2) is 28.7 Å². The standard InChI is InChI=1S/C13H17BrN2/c1-9(2)15-8-10-7-11-12(14)5-4-6-13(11)16(10)3/h4-7,9,15H,8H2,1-3H3. The van der Waals surface area contributed by atoms with E-state index < -0.39 is 0 Å². The van der Waals surface area contributed by atoms with Gasteiger partial charge in [-0.25, -0.2) is 0 Å². The van der Waals surface area contributed by atoms with Crippen molar-refractivity contribution in [3.63, 3.8) is 0 Å². The second kappa shape index (κ2) is 4.60. The van der Waals surface area contributed by atoms with Crippen molar-refractivity contribution in [1.82, 2.24) is 9.88 Å². The average molecular weight is 281 g/mol. The van der Waals surface area contributed by atoms with Gasteiger partial charge < -0.3 is 9.88 Å². The highest BCUT2D eigenvalue weighted by molar-refractivity contribution is 9.10. The third-order valence-electron chi connectivity index (χ3n) is 2.82. The quantitative estimate of drug-likeness (QED) is 0.912. The Morgan fingerprint density at radius 3 is 2.75 bits per heavy atom. The smallest absolute Gasteiger partial charge is 0.0491 e.